The van der Waals surface area contributed by atoms with E-state index in [0.717, 1.165) is 0 Å². The predicted octanol–water partition coefficient (Wildman–Crippen LogP) is 0.372. The molecule has 0 aliphatic heterocycles. The van der Waals surface area contributed by atoms with E-state index in [1.165, 1.54) is 7.05 Å². The fourth-order valence-corrected chi connectivity index (χ4v) is 2.56. The first-order valence-corrected chi connectivity index (χ1v) is 9.60. The molecule has 1 rings (SSSR count). The monoisotopic (exact) mass is 385 g/mol. The highest BCUT2D eigenvalue weighted by Gasteiger charge is 2.33. The quantitative estimate of drug-likeness (QED) is 0.409. The number of nitrogens with one attached hydrogen (secondary N) is 3. The second kappa shape index (κ2) is 9.47. The van der Waals surface area contributed by atoms with E-state index in [1.807, 2.05) is 0 Å². The zero-order chi connectivity index (χ0) is 19.9. The van der Waals surface area contributed by atoms with E-state index < -0.39 is 37.1 Å². The standard InChI is InChI=1S/C16H24N3O6P/c1-10(2)13(15(21)17-3)19-14(20)12(18-16(22)26(23,24)25)9-11-7-5-4-6-8-11/h4-8,10,12-13H,9H2,1-3H3,(H,17,21)(H,18,22)(H,19,20)(H2,23,24,25). The van der Waals surface area contributed by atoms with Gasteiger partial charge in [-0.05, 0) is 11.5 Å². The van der Waals surface area contributed by atoms with Gasteiger partial charge in [0.2, 0.25) is 11.8 Å². The van der Waals surface area contributed by atoms with Crippen LogP contribution in [0.25, 0.3) is 0 Å². The number of hydrogen-bond acceptors (Lipinski definition) is 4. The van der Waals surface area contributed by atoms with Gasteiger partial charge in [-0.2, -0.15) is 0 Å². The third-order valence-electron chi connectivity index (χ3n) is 3.65. The first-order chi connectivity index (χ1) is 12.1. The number of likely N-dealkylation sites (N-methyl/N-ethyl adjacent to an activating group) is 1. The van der Waals surface area contributed by atoms with Crippen LogP contribution in [0.1, 0.15) is 19.4 Å². The van der Waals surface area contributed by atoms with Crippen LogP contribution in [0.15, 0.2) is 30.3 Å². The van der Waals surface area contributed by atoms with E-state index in [1.54, 1.807) is 44.2 Å². The van der Waals surface area contributed by atoms with Crippen LogP contribution in [0.3, 0.4) is 0 Å². The van der Waals surface area contributed by atoms with Crippen molar-refractivity contribution in [3.8, 4) is 0 Å². The van der Waals surface area contributed by atoms with Gasteiger partial charge in [-0.25, -0.2) is 4.57 Å². The Balaban J connectivity index is 3.01. The minimum Gasteiger partial charge on any atom is -0.357 e. The largest absolute Gasteiger partial charge is 0.413 e. The number of carbonyl (C=O) groups is 3. The molecule has 3 amide bonds. The van der Waals surface area contributed by atoms with Gasteiger partial charge in [0, 0.05) is 13.5 Å². The molecule has 0 fully saturated rings. The topological polar surface area (TPSA) is 145 Å². The molecule has 0 saturated carbocycles. The van der Waals surface area contributed by atoms with E-state index in [0.29, 0.717) is 5.56 Å². The molecule has 0 aliphatic carbocycles. The van der Waals surface area contributed by atoms with Crippen LogP contribution < -0.4 is 16.0 Å². The van der Waals surface area contributed by atoms with Gasteiger partial charge < -0.3 is 25.7 Å². The maximum atomic E-state index is 12.6. The van der Waals surface area contributed by atoms with Crippen molar-refractivity contribution < 1.29 is 28.7 Å². The lowest BCUT2D eigenvalue weighted by Crippen LogP contribution is -2.55. The average Bonchev–Trinajstić information content (AvgIpc) is 2.57. The molecule has 0 spiro atoms. The summed E-state index contributed by atoms with van der Waals surface area (Å²) in [5, 5.41) is 7.03. The van der Waals surface area contributed by atoms with Gasteiger partial charge in [-0.3, -0.25) is 14.4 Å². The Morgan fingerprint density at radius 3 is 2.08 bits per heavy atom. The Morgan fingerprint density at radius 1 is 1.04 bits per heavy atom. The zero-order valence-corrected chi connectivity index (χ0v) is 15.7. The van der Waals surface area contributed by atoms with Crippen LogP contribution in [0.2, 0.25) is 0 Å². The Morgan fingerprint density at radius 2 is 1.62 bits per heavy atom. The molecule has 0 aliphatic rings. The molecule has 2 unspecified atom stereocenters. The molecule has 0 saturated heterocycles. The molecule has 0 aromatic heterocycles. The van der Waals surface area contributed by atoms with Gasteiger partial charge in [0.05, 0.1) is 0 Å². The second-order valence-electron chi connectivity index (χ2n) is 6.08. The summed E-state index contributed by atoms with van der Waals surface area (Å²) < 4.78 is 11.1. The summed E-state index contributed by atoms with van der Waals surface area (Å²) in [4.78, 5) is 54.1. The Kier molecular flexibility index (Phi) is 7.95. The maximum absolute atomic E-state index is 12.6. The first-order valence-electron chi connectivity index (χ1n) is 7.98. The van der Waals surface area contributed by atoms with Crippen molar-refractivity contribution in [1.29, 1.82) is 0 Å². The smallest absolute Gasteiger partial charge is 0.357 e. The van der Waals surface area contributed by atoms with Gasteiger partial charge in [0.1, 0.15) is 12.1 Å². The molecule has 10 heteroatoms. The van der Waals surface area contributed by atoms with Gasteiger partial charge in [0.15, 0.2) is 0 Å². The van der Waals surface area contributed by atoms with Crippen molar-refractivity contribution >= 4 is 25.1 Å². The van der Waals surface area contributed by atoms with Crippen LogP contribution >= 0.6 is 7.60 Å². The third-order valence-corrected chi connectivity index (χ3v) is 4.31. The van der Waals surface area contributed by atoms with Crippen molar-refractivity contribution in [1.82, 2.24) is 16.0 Å². The molecule has 0 heterocycles. The predicted molar refractivity (Wildman–Crippen MR) is 95.3 cm³/mol. The summed E-state index contributed by atoms with van der Waals surface area (Å²) in [6.45, 7) is 3.47. The first kappa shape index (κ1) is 21.8. The van der Waals surface area contributed by atoms with Crippen molar-refractivity contribution in [2.75, 3.05) is 7.05 Å². The average molecular weight is 385 g/mol. The minimum absolute atomic E-state index is 0.0109. The molecule has 144 valence electrons. The molecular formula is C16H24N3O6P. The molecule has 1 aromatic rings. The number of amides is 3. The fraction of sp³-hybridized carbons (Fsp3) is 0.438. The highest BCUT2D eigenvalue weighted by atomic mass is 31.2. The number of rotatable bonds is 8. The summed E-state index contributed by atoms with van der Waals surface area (Å²) in [6, 6.07) is 6.56. The van der Waals surface area contributed by atoms with Gasteiger partial charge >= 0.3 is 13.2 Å². The summed E-state index contributed by atoms with van der Waals surface area (Å²) >= 11 is 0. The Labute approximate surface area is 151 Å². The van der Waals surface area contributed by atoms with Crippen LogP contribution in [-0.4, -0.2) is 46.4 Å². The molecule has 5 N–H and O–H groups in total. The second-order valence-corrected chi connectivity index (χ2v) is 7.57. The normalized spacial score (nSPS) is 13.6. The van der Waals surface area contributed by atoms with E-state index in [-0.39, 0.29) is 12.3 Å². The van der Waals surface area contributed by atoms with Crippen LogP contribution in [-0.2, 0) is 20.6 Å². The van der Waals surface area contributed by atoms with Crippen molar-refractivity contribution in [3.05, 3.63) is 35.9 Å². The highest BCUT2D eigenvalue weighted by Crippen LogP contribution is 2.35. The van der Waals surface area contributed by atoms with Crippen LogP contribution in [0.4, 0.5) is 4.79 Å². The van der Waals surface area contributed by atoms with Gasteiger partial charge in [-0.15, -0.1) is 0 Å². The van der Waals surface area contributed by atoms with E-state index in [2.05, 4.69) is 16.0 Å². The summed E-state index contributed by atoms with van der Waals surface area (Å²) in [5.74, 6) is -1.35. The molecule has 26 heavy (non-hydrogen) atoms. The van der Waals surface area contributed by atoms with Gasteiger partial charge in [0.25, 0.3) is 0 Å². The molecule has 2 atom stereocenters. The summed E-state index contributed by atoms with van der Waals surface area (Å²) in [6.07, 6.45) is 0.0109. The van der Waals surface area contributed by atoms with Crippen molar-refractivity contribution in [2.24, 2.45) is 5.92 Å². The SMILES string of the molecule is CNC(=O)C(NC(=O)C(Cc1ccccc1)NC(=O)P(=O)(O)O)C(C)C. The molecular weight excluding hydrogens is 361 g/mol. The highest BCUT2D eigenvalue weighted by molar-refractivity contribution is 7.69. The number of hydrogen-bond donors (Lipinski definition) is 5. The Bertz CT molecular complexity index is 688. The third kappa shape index (κ3) is 6.59. The molecule has 9 nitrogen and oxygen atoms in total. The van der Waals surface area contributed by atoms with E-state index in [4.69, 9.17) is 9.79 Å². The lowest BCUT2D eigenvalue weighted by molar-refractivity contribution is -0.130. The van der Waals surface area contributed by atoms with Crippen LogP contribution in [0, 0.1) is 5.92 Å². The maximum Gasteiger partial charge on any atom is 0.413 e. The number of carbonyl (C=O) groups excluding carboxylic acids is 3. The van der Waals surface area contributed by atoms with E-state index >= 15 is 0 Å². The molecule has 0 bridgehead atoms. The molecule has 1 aromatic carbocycles. The summed E-state index contributed by atoms with van der Waals surface area (Å²) in [5.41, 5.74) is -0.866. The fourth-order valence-electron chi connectivity index (χ4n) is 2.24. The Hall–Kier alpha value is -2.22. The van der Waals surface area contributed by atoms with Gasteiger partial charge in [-0.1, -0.05) is 44.2 Å². The zero-order valence-electron chi connectivity index (χ0n) is 14.8. The molecule has 0 radical (unpaired) electrons. The lowest BCUT2D eigenvalue weighted by Gasteiger charge is -2.25. The number of benzene rings is 1. The van der Waals surface area contributed by atoms with Crippen LogP contribution in [0.5, 0.6) is 0 Å². The van der Waals surface area contributed by atoms with Crippen molar-refractivity contribution in [2.45, 2.75) is 32.4 Å². The summed E-state index contributed by atoms with van der Waals surface area (Å²) in [7, 11) is -3.61. The van der Waals surface area contributed by atoms with Crippen molar-refractivity contribution in [3.63, 3.8) is 0 Å². The van der Waals surface area contributed by atoms with E-state index in [9.17, 15) is 18.9 Å². The minimum atomic E-state index is -5.04. The lowest BCUT2D eigenvalue weighted by atomic mass is 10.0.